The first-order chi connectivity index (χ1) is 13.6. The van der Waals surface area contributed by atoms with Crippen LogP contribution in [0, 0.1) is 18.3 Å². The molecule has 0 aliphatic carbocycles. The van der Waals surface area contributed by atoms with Crippen LogP contribution in [0.25, 0.3) is 5.69 Å². The highest BCUT2D eigenvalue weighted by Gasteiger charge is 2.57. The summed E-state index contributed by atoms with van der Waals surface area (Å²) in [5.74, 6) is -0.100. The van der Waals surface area contributed by atoms with Crippen molar-refractivity contribution in [3.05, 3.63) is 82.9 Å². The number of anilines is 1. The Morgan fingerprint density at radius 2 is 1.89 bits per heavy atom. The van der Waals surface area contributed by atoms with E-state index in [0.29, 0.717) is 28.4 Å². The summed E-state index contributed by atoms with van der Waals surface area (Å²) in [5, 5.41) is 17.2. The number of carbonyl (C=O) groups is 1. The first-order valence-electron chi connectivity index (χ1n) is 8.73. The molecule has 0 bridgehead atoms. The zero-order valence-electron chi connectivity index (χ0n) is 14.9. The van der Waals surface area contributed by atoms with Crippen LogP contribution < -0.4 is 15.8 Å². The van der Waals surface area contributed by atoms with Crippen LogP contribution in [0.2, 0.25) is 0 Å². The SMILES string of the molecule is Cc1nn(-c2ccccc2)c2c1[C@]1(C(=O)Nc3ccccc31)C(N)=C(C#N)O2. The lowest BCUT2D eigenvalue weighted by molar-refractivity contribution is -0.118. The molecule has 2 aliphatic rings. The summed E-state index contributed by atoms with van der Waals surface area (Å²) < 4.78 is 7.47. The maximum Gasteiger partial charge on any atom is 0.246 e. The molecule has 2 aliphatic heterocycles. The Kier molecular flexibility index (Phi) is 3.16. The largest absolute Gasteiger partial charge is 0.425 e. The molecule has 7 heteroatoms. The number of nitrogens with two attached hydrogens (primary N) is 1. The van der Waals surface area contributed by atoms with Crippen LogP contribution in [0.5, 0.6) is 5.88 Å². The van der Waals surface area contributed by atoms with Gasteiger partial charge >= 0.3 is 0 Å². The molecule has 0 fully saturated rings. The molecule has 3 N–H and O–H groups in total. The van der Waals surface area contributed by atoms with Crippen molar-refractivity contribution in [2.24, 2.45) is 5.73 Å². The molecule has 136 valence electrons. The fourth-order valence-electron chi connectivity index (χ4n) is 4.09. The molecule has 1 spiro atoms. The predicted octanol–water partition coefficient (Wildman–Crippen LogP) is 2.51. The maximum atomic E-state index is 13.3. The number of amides is 1. The van der Waals surface area contributed by atoms with Gasteiger partial charge in [0.2, 0.25) is 17.5 Å². The molecule has 28 heavy (non-hydrogen) atoms. The van der Waals surface area contributed by atoms with Crippen LogP contribution in [0.1, 0.15) is 16.8 Å². The maximum absolute atomic E-state index is 13.3. The van der Waals surface area contributed by atoms with Crippen molar-refractivity contribution in [2.45, 2.75) is 12.3 Å². The quantitative estimate of drug-likeness (QED) is 0.685. The Labute approximate surface area is 160 Å². The Balaban J connectivity index is 1.90. The number of nitrogens with zero attached hydrogens (tertiary/aromatic N) is 3. The van der Waals surface area contributed by atoms with E-state index >= 15 is 0 Å². The van der Waals surface area contributed by atoms with Gasteiger partial charge in [0.15, 0.2) is 5.41 Å². The van der Waals surface area contributed by atoms with Gasteiger partial charge in [0.1, 0.15) is 6.07 Å². The van der Waals surface area contributed by atoms with Gasteiger partial charge in [-0.2, -0.15) is 10.4 Å². The molecule has 0 saturated carbocycles. The Morgan fingerprint density at radius 3 is 2.64 bits per heavy atom. The lowest BCUT2D eigenvalue weighted by atomic mass is 9.71. The standard InChI is InChI=1S/C21H15N5O2/c1-12-17-19(26(25-12)13-7-3-2-4-8-13)28-16(11-22)18(23)21(17)14-9-5-6-10-15(14)24-20(21)27/h2-10H,23H2,1H3,(H,24,27)/t21-/m0/s1. The number of nitrogens with one attached hydrogen (secondary N) is 1. The molecule has 2 aromatic carbocycles. The summed E-state index contributed by atoms with van der Waals surface area (Å²) in [6, 6.07) is 18.7. The Morgan fingerprint density at radius 1 is 1.18 bits per heavy atom. The van der Waals surface area contributed by atoms with Crippen molar-refractivity contribution in [2.75, 3.05) is 5.32 Å². The van der Waals surface area contributed by atoms with E-state index in [1.165, 1.54) is 0 Å². The number of hydrogen-bond acceptors (Lipinski definition) is 5. The number of para-hydroxylation sites is 2. The van der Waals surface area contributed by atoms with Gasteiger partial charge in [-0.25, -0.2) is 4.68 Å². The molecule has 3 aromatic rings. The second kappa shape index (κ2) is 5.47. The first kappa shape index (κ1) is 16.1. The lowest BCUT2D eigenvalue weighted by Crippen LogP contribution is -2.44. The number of rotatable bonds is 1. The van der Waals surface area contributed by atoms with Crippen molar-refractivity contribution in [1.29, 1.82) is 5.26 Å². The van der Waals surface area contributed by atoms with Gasteiger partial charge in [0, 0.05) is 11.3 Å². The molecule has 0 unspecified atom stereocenters. The van der Waals surface area contributed by atoms with Crippen LogP contribution >= 0.6 is 0 Å². The molecular formula is C21H15N5O2. The molecule has 1 aromatic heterocycles. The topological polar surface area (TPSA) is 106 Å². The van der Waals surface area contributed by atoms with Crippen molar-refractivity contribution in [1.82, 2.24) is 9.78 Å². The summed E-state index contributed by atoms with van der Waals surface area (Å²) >= 11 is 0. The van der Waals surface area contributed by atoms with Gasteiger partial charge < -0.3 is 15.8 Å². The number of carbonyl (C=O) groups excluding carboxylic acids is 1. The number of ether oxygens (including phenoxy) is 1. The van der Waals surface area contributed by atoms with E-state index in [9.17, 15) is 10.1 Å². The van der Waals surface area contributed by atoms with E-state index < -0.39 is 5.41 Å². The van der Waals surface area contributed by atoms with Crippen molar-refractivity contribution >= 4 is 11.6 Å². The van der Waals surface area contributed by atoms with Crippen molar-refractivity contribution in [3.63, 3.8) is 0 Å². The third-order valence-electron chi connectivity index (χ3n) is 5.26. The third-order valence-corrected chi connectivity index (χ3v) is 5.26. The molecule has 5 rings (SSSR count). The van der Waals surface area contributed by atoms with E-state index in [2.05, 4.69) is 10.4 Å². The van der Waals surface area contributed by atoms with Gasteiger partial charge in [0.25, 0.3) is 0 Å². The molecule has 1 atom stereocenters. The molecular weight excluding hydrogens is 354 g/mol. The Bertz CT molecular complexity index is 1220. The van der Waals surface area contributed by atoms with Crippen LogP contribution in [-0.2, 0) is 10.2 Å². The highest BCUT2D eigenvalue weighted by atomic mass is 16.5. The number of allylic oxidation sites excluding steroid dienone is 1. The number of aromatic nitrogens is 2. The van der Waals surface area contributed by atoms with Crippen LogP contribution in [0.4, 0.5) is 5.69 Å². The number of nitriles is 1. The fraction of sp³-hybridized carbons (Fsp3) is 0.0952. The van der Waals surface area contributed by atoms with Gasteiger partial charge in [-0.05, 0) is 25.1 Å². The van der Waals surface area contributed by atoms with E-state index in [4.69, 9.17) is 10.5 Å². The molecule has 0 radical (unpaired) electrons. The zero-order valence-corrected chi connectivity index (χ0v) is 14.9. The van der Waals surface area contributed by atoms with Crippen LogP contribution in [0.3, 0.4) is 0 Å². The molecule has 7 nitrogen and oxygen atoms in total. The average Bonchev–Trinajstić information content (AvgIpc) is 3.20. The Hall–Kier alpha value is -4.05. The monoisotopic (exact) mass is 369 g/mol. The van der Waals surface area contributed by atoms with Gasteiger partial charge in [-0.3, -0.25) is 4.79 Å². The summed E-state index contributed by atoms with van der Waals surface area (Å²) in [4.78, 5) is 13.3. The third kappa shape index (κ3) is 1.81. The van der Waals surface area contributed by atoms with E-state index in [1.54, 1.807) is 4.68 Å². The van der Waals surface area contributed by atoms with E-state index in [-0.39, 0.29) is 17.4 Å². The minimum atomic E-state index is -1.35. The minimum Gasteiger partial charge on any atom is -0.425 e. The molecule has 3 heterocycles. The fourth-order valence-corrected chi connectivity index (χ4v) is 4.09. The van der Waals surface area contributed by atoms with Gasteiger partial charge in [0.05, 0.1) is 22.6 Å². The molecule has 1 amide bonds. The van der Waals surface area contributed by atoms with E-state index in [1.807, 2.05) is 67.6 Å². The minimum absolute atomic E-state index is 0.0701. The van der Waals surface area contributed by atoms with Gasteiger partial charge in [-0.1, -0.05) is 36.4 Å². The summed E-state index contributed by atoms with van der Waals surface area (Å²) in [5.41, 5.74) is 8.37. The molecule has 0 saturated heterocycles. The van der Waals surface area contributed by atoms with Crippen molar-refractivity contribution in [3.8, 4) is 17.6 Å². The highest BCUT2D eigenvalue weighted by molar-refractivity contribution is 6.12. The summed E-state index contributed by atoms with van der Waals surface area (Å²) in [7, 11) is 0. The number of aryl methyl sites for hydroxylation is 1. The lowest BCUT2D eigenvalue weighted by Gasteiger charge is -2.32. The smallest absolute Gasteiger partial charge is 0.246 e. The van der Waals surface area contributed by atoms with Crippen LogP contribution in [0.15, 0.2) is 66.1 Å². The predicted molar refractivity (Wildman–Crippen MR) is 102 cm³/mol. The second-order valence-corrected chi connectivity index (χ2v) is 6.72. The number of fused-ring (bicyclic) bond motifs is 4. The second-order valence-electron chi connectivity index (χ2n) is 6.72. The first-order valence-corrected chi connectivity index (χ1v) is 8.73. The summed E-state index contributed by atoms with van der Waals surface area (Å²) in [6.45, 7) is 1.81. The van der Waals surface area contributed by atoms with Gasteiger partial charge in [-0.15, -0.1) is 0 Å². The number of benzene rings is 2. The normalized spacial score (nSPS) is 19.6. The number of hydrogen-bond donors (Lipinski definition) is 2. The van der Waals surface area contributed by atoms with Crippen molar-refractivity contribution < 1.29 is 9.53 Å². The van der Waals surface area contributed by atoms with E-state index in [0.717, 1.165) is 5.69 Å². The average molecular weight is 369 g/mol. The van der Waals surface area contributed by atoms with Crippen LogP contribution in [-0.4, -0.2) is 15.7 Å². The zero-order chi connectivity index (χ0) is 19.5. The highest BCUT2D eigenvalue weighted by Crippen LogP contribution is 2.53. The summed E-state index contributed by atoms with van der Waals surface area (Å²) in [6.07, 6.45) is 0.